The number of furan rings is 1. The number of aromatic nitrogens is 1. The van der Waals surface area contributed by atoms with Crippen molar-refractivity contribution in [3.05, 3.63) is 41.8 Å². The van der Waals surface area contributed by atoms with Crippen LogP contribution < -0.4 is 0 Å². The Morgan fingerprint density at radius 2 is 2.05 bits per heavy atom. The number of hydrogen-bond acceptors (Lipinski definition) is 2. The summed E-state index contributed by atoms with van der Waals surface area (Å²) in [7, 11) is 0. The summed E-state index contributed by atoms with van der Waals surface area (Å²) in [6, 6.07) is 8.45. The van der Waals surface area contributed by atoms with Crippen LogP contribution >= 0.6 is 0 Å². The Balaban J connectivity index is 1.99. The van der Waals surface area contributed by atoms with Crippen molar-refractivity contribution in [1.29, 1.82) is 0 Å². The molecule has 3 rings (SSSR count). The van der Waals surface area contributed by atoms with Crippen LogP contribution in [0.1, 0.15) is 50.8 Å². The Kier molecular flexibility index (Phi) is 4.47. The first-order valence-electron chi connectivity index (χ1n) is 8.49. The van der Waals surface area contributed by atoms with Gasteiger partial charge < -0.3 is 4.42 Å². The van der Waals surface area contributed by atoms with Gasteiger partial charge in [0.2, 0.25) is 0 Å². The fourth-order valence-electron chi connectivity index (χ4n) is 3.25. The van der Waals surface area contributed by atoms with Gasteiger partial charge in [-0.25, -0.2) is 0 Å². The minimum Gasteiger partial charge on any atom is -0.464 e. The molecule has 0 aliphatic rings. The van der Waals surface area contributed by atoms with E-state index < -0.39 is 0 Å². The number of nitrogens with zero attached hydrogens (tertiary/aromatic N) is 1. The summed E-state index contributed by atoms with van der Waals surface area (Å²) in [5.74, 6) is 0.743. The van der Waals surface area contributed by atoms with Gasteiger partial charge in [-0.05, 0) is 49.1 Å². The van der Waals surface area contributed by atoms with Crippen LogP contribution in [0.15, 0.2) is 34.9 Å². The second-order valence-electron chi connectivity index (χ2n) is 6.34. The number of unbranched alkanes of at least 4 members (excludes halogenated alkanes) is 1. The summed E-state index contributed by atoms with van der Waals surface area (Å²) in [4.78, 5) is 5.01. The molecular formula is C20H25NO. The van der Waals surface area contributed by atoms with Crippen molar-refractivity contribution in [1.82, 2.24) is 4.98 Å². The van der Waals surface area contributed by atoms with E-state index in [1.807, 2.05) is 12.1 Å². The van der Waals surface area contributed by atoms with Crippen LogP contribution in [0.4, 0.5) is 0 Å². The predicted molar refractivity (Wildman–Crippen MR) is 93.3 cm³/mol. The highest BCUT2D eigenvalue weighted by Crippen LogP contribution is 2.28. The third-order valence-corrected chi connectivity index (χ3v) is 4.74. The molecule has 0 spiro atoms. The second kappa shape index (κ2) is 6.51. The number of benzene rings is 1. The van der Waals surface area contributed by atoms with Crippen molar-refractivity contribution in [2.75, 3.05) is 0 Å². The van der Waals surface area contributed by atoms with E-state index in [0.717, 1.165) is 28.8 Å². The Bertz CT molecular complexity index is 772. The summed E-state index contributed by atoms with van der Waals surface area (Å²) in [6.45, 7) is 6.75. The van der Waals surface area contributed by atoms with Crippen LogP contribution in [-0.4, -0.2) is 4.98 Å². The van der Waals surface area contributed by atoms with Gasteiger partial charge in [-0.2, -0.15) is 0 Å². The number of fused-ring (bicyclic) bond motifs is 3. The van der Waals surface area contributed by atoms with Crippen molar-refractivity contribution in [2.45, 2.75) is 52.9 Å². The van der Waals surface area contributed by atoms with Crippen molar-refractivity contribution < 1.29 is 4.42 Å². The minimum atomic E-state index is 0.743. The van der Waals surface area contributed by atoms with Crippen LogP contribution in [0.2, 0.25) is 0 Å². The molecular weight excluding hydrogens is 270 g/mol. The average molecular weight is 295 g/mol. The summed E-state index contributed by atoms with van der Waals surface area (Å²) < 4.78 is 5.51. The van der Waals surface area contributed by atoms with Gasteiger partial charge >= 0.3 is 0 Å². The van der Waals surface area contributed by atoms with E-state index >= 15 is 0 Å². The van der Waals surface area contributed by atoms with Crippen LogP contribution in [-0.2, 0) is 6.42 Å². The van der Waals surface area contributed by atoms with Gasteiger partial charge in [0.25, 0.3) is 0 Å². The Labute approximate surface area is 132 Å². The lowest BCUT2D eigenvalue weighted by Crippen LogP contribution is -2.07. The topological polar surface area (TPSA) is 26.0 Å². The largest absolute Gasteiger partial charge is 0.464 e. The van der Waals surface area contributed by atoms with E-state index in [-0.39, 0.29) is 0 Å². The van der Waals surface area contributed by atoms with Crippen LogP contribution in [0, 0.1) is 12.8 Å². The van der Waals surface area contributed by atoms with E-state index in [0.29, 0.717) is 0 Å². The third-order valence-electron chi connectivity index (χ3n) is 4.74. The van der Waals surface area contributed by atoms with E-state index in [4.69, 9.17) is 9.40 Å². The van der Waals surface area contributed by atoms with Crippen LogP contribution in [0.25, 0.3) is 21.9 Å². The first-order chi connectivity index (χ1) is 10.7. The van der Waals surface area contributed by atoms with Crippen molar-refractivity contribution in [3.8, 4) is 0 Å². The van der Waals surface area contributed by atoms with Crippen LogP contribution in [0.5, 0.6) is 0 Å². The number of aryl methyl sites for hydroxylation is 1. The second-order valence-corrected chi connectivity index (χ2v) is 6.34. The normalized spacial score (nSPS) is 13.0. The molecule has 1 atom stereocenters. The Morgan fingerprint density at radius 1 is 1.18 bits per heavy atom. The molecule has 2 aromatic heterocycles. The van der Waals surface area contributed by atoms with E-state index in [2.05, 4.69) is 32.9 Å². The van der Waals surface area contributed by atoms with Crippen molar-refractivity contribution in [3.63, 3.8) is 0 Å². The van der Waals surface area contributed by atoms with Gasteiger partial charge in [0.15, 0.2) is 0 Å². The lowest BCUT2D eigenvalue weighted by Gasteiger charge is -2.16. The summed E-state index contributed by atoms with van der Waals surface area (Å²) >= 11 is 0. The maximum atomic E-state index is 5.51. The molecule has 3 aromatic rings. The zero-order valence-electron chi connectivity index (χ0n) is 13.9. The Morgan fingerprint density at radius 3 is 2.82 bits per heavy atom. The molecule has 0 bridgehead atoms. The van der Waals surface area contributed by atoms with Crippen LogP contribution in [0.3, 0.4) is 0 Å². The molecule has 1 aromatic carbocycles. The lowest BCUT2D eigenvalue weighted by molar-refractivity contribution is 0.444. The molecule has 22 heavy (non-hydrogen) atoms. The summed E-state index contributed by atoms with van der Waals surface area (Å²) in [5.41, 5.74) is 4.57. The van der Waals surface area contributed by atoms with Gasteiger partial charge in [-0.1, -0.05) is 39.5 Å². The molecule has 0 radical (unpaired) electrons. The van der Waals surface area contributed by atoms with Gasteiger partial charge in [-0.3, -0.25) is 4.98 Å². The number of pyridine rings is 1. The van der Waals surface area contributed by atoms with Crippen molar-refractivity contribution >= 4 is 21.9 Å². The standard InChI is InChI=1S/C20H25NO/c1-4-6-7-15(5-2)13-18-14(3)12-16-8-9-19-17(10-11-22-19)20(16)21-18/h8-12,15H,4-7,13H2,1-3H3. The minimum absolute atomic E-state index is 0.743. The Hall–Kier alpha value is -1.83. The number of rotatable bonds is 6. The molecule has 2 nitrogen and oxygen atoms in total. The maximum Gasteiger partial charge on any atom is 0.136 e. The molecule has 0 aliphatic carbocycles. The first kappa shape index (κ1) is 15.1. The smallest absolute Gasteiger partial charge is 0.136 e. The predicted octanol–water partition coefficient (Wildman–Crippen LogP) is 6.05. The highest BCUT2D eigenvalue weighted by atomic mass is 16.3. The highest BCUT2D eigenvalue weighted by molar-refractivity contribution is 6.03. The third kappa shape index (κ3) is 2.87. The van der Waals surface area contributed by atoms with Gasteiger partial charge in [0, 0.05) is 16.5 Å². The lowest BCUT2D eigenvalue weighted by atomic mass is 9.92. The fraction of sp³-hybridized carbons (Fsp3) is 0.450. The molecule has 1 unspecified atom stereocenters. The SMILES string of the molecule is CCCCC(CC)Cc1nc2c(ccc3occc32)cc1C. The molecule has 0 fully saturated rings. The number of hydrogen-bond donors (Lipinski definition) is 0. The van der Waals surface area contributed by atoms with E-state index in [1.54, 1.807) is 6.26 Å². The molecule has 0 N–H and O–H groups in total. The quantitative estimate of drug-likeness (QED) is 0.553. The van der Waals surface area contributed by atoms with Gasteiger partial charge in [0.1, 0.15) is 5.58 Å². The summed E-state index contributed by atoms with van der Waals surface area (Å²) in [6.07, 6.45) is 7.97. The maximum absolute atomic E-state index is 5.51. The van der Waals surface area contributed by atoms with Crippen molar-refractivity contribution in [2.24, 2.45) is 5.92 Å². The zero-order chi connectivity index (χ0) is 15.5. The molecule has 0 saturated heterocycles. The molecule has 116 valence electrons. The first-order valence-corrected chi connectivity index (χ1v) is 8.49. The molecule has 0 aliphatic heterocycles. The average Bonchev–Trinajstić information content (AvgIpc) is 3.00. The molecule has 2 heteroatoms. The van der Waals surface area contributed by atoms with Gasteiger partial charge in [0.05, 0.1) is 11.8 Å². The summed E-state index contributed by atoms with van der Waals surface area (Å²) in [5, 5.41) is 2.33. The molecule has 2 heterocycles. The monoisotopic (exact) mass is 295 g/mol. The van der Waals surface area contributed by atoms with E-state index in [1.165, 1.54) is 42.3 Å². The zero-order valence-corrected chi connectivity index (χ0v) is 13.9. The fourth-order valence-corrected chi connectivity index (χ4v) is 3.25. The van der Waals surface area contributed by atoms with Gasteiger partial charge in [-0.15, -0.1) is 0 Å². The van der Waals surface area contributed by atoms with E-state index in [9.17, 15) is 0 Å². The highest BCUT2D eigenvalue weighted by Gasteiger charge is 2.13. The molecule has 0 saturated carbocycles. The molecule has 0 amide bonds.